The molecular formula is C12H19NO2. The Bertz CT molecular complexity index is 275. The fraction of sp³-hybridized carbons (Fsp3) is 0.917. The zero-order chi connectivity index (χ0) is 10.5. The van der Waals surface area contributed by atoms with E-state index in [4.69, 9.17) is 4.74 Å². The molecule has 2 heterocycles. The summed E-state index contributed by atoms with van der Waals surface area (Å²) < 4.78 is 5.28. The smallest absolute Gasteiger partial charge is 0.225 e. The Labute approximate surface area is 90.8 Å². The van der Waals surface area contributed by atoms with Gasteiger partial charge in [-0.15, -0.1) is 0 Å². The van der Waals surface area contributed by atoms with Crippen molar-refractivity contribution in [3.05, 3.63) is 0 Å². The standard InChI is InChI=1S/C12H19NO2/c1-9-6-10(9)11(14)13-4-2-12(3-5-13)7-15-8-12/h9-10H,2-8H2,1H3/t9-,10+/m1/s1. The highest BCUT2D eigenvalue weighted by Gasteiger charge is 2.46. The number of piperidine rings is 1. The SMILES string of the molecule is C[C@@H]1C[C@@H]1C(=O)N1CCC2(CC1)COC2. The molecule has 2 saturated heterocycles. The molecule has 3 aliphatic rings. The Morgan fingerprint density at radius 1 is 1.33 bits per heavy atom. The molecule has 0 aromatic carbocycles. The van der Waals surface area contributed by atoms with Gasteiger partial charge in [0.25, 0.3) is 0 Å². The van der Waals surface area contributed by atoms with E-state index in [1.54, 1.807) is 0 Å². The van der Waals surface area contributed by atoms with E-state index >= 15 is 0 Å². The molecule has 0 radical (unpaired) electrons. The van der Waals surface area contributed by atoms with E-state index in [-0.39, 0.29) is 0 Å². The molecule has 1 amide bonds. The van der Waals surface area contributed by atoms with Crippen LogP contribution < -0.4 is 0 Å². The number of carbonyl (C=O) groups is 1. The quantitative estimate of drug-likeness (QED) is 0.651. The summed E-state index contributed by atoms with van der Waals surface area (Å²) in [5, 5.41) is 0. The van der Waals surface area contributed by atoms with Crippen LogP contribution in [0, 0.1) is 17.3 Å². The molecular weight excluding hydrogens is 190 g/mol. The summed E-state index contributed by atoms with van der Waals surface area (Å²) in [6, 6.07) is 0. The van der Waals surface area contributed by atoms with Crippen molar-refractivity contribution in [3.63, 3.8) is 0 Å². The minimum Gasteiger partial charge on any atom is -0.380 e. The summed E-state index contributed by atoms with van der Waals surface area (Å²) in [5.74, 6) is 1.41. The van der Waals surface area contributed by atoms with Gasteiger partial charge in [0, 0.05) is 24.4 Å². The summed E-state index contributed by atoms with van der Waals surface area (Å²) in [7, 11) is 0. The zero-order valence-corrected chi connectivity index (χ0v) is 9.37. The van der Waals surface area contributed by atoms with Gasteiger partial charge in [-0.1, -0.05) is 6.92 Å². The number of carbonyl (C=O) groups excluding carboxylic acids is 1. The molecule has 0 bridgehead atoms. The zero-order valence-electron chi connectivity index (χ0n) is 9.37. The number of amides is 1. The van der Waals surface area contributed by atoms with Crippen molar-refractivity contribution in [3.8, 4) is 0 Å². The second kappa shape index (κ2) is 3.21. The van der Waals surface area contributed by atoms with Gasteiger partial charge < -0.3 is 9.64 Å². The predicted octanol–water partition coefficient (Wildman–Crippen LogP) is 1.28. The van der Waals surface area contributed by atoms with E-state index in [2.05, 4.69) is 11.8 Å². The molecule has 3 nitrogen and oxygen atoms in total. The lowest BCUT2D eigenvalue weighted by Crippen LogP contribution is -2.52. The second-order valence-electron chi connectivity index (χ2n) is 5.64. The lowest BCUT2D eigenvalue weighted by atomic mass is 9.77. The summed E-state index contributed by atoms with van der Waals surface area (Å²) in [6.45, 7) is 5.95. The largest absolute Gasteiger partial charge is 0.380 e. The molecule has 3 heteroatoms. The molecule has 0 aromatic heterocycles. The van der Waals surface area contributed by atoms with E-state index in [0.29, 0.717) is 23.2 Å². The van der Waals surface area contributed by atoms with Gasteiger partial charge in [0.1, 0.15) is 0 Å². The summed E-state index contributed by atoms with van der Waals surface area (Å²) in [5.41, 5.74) is 0.450. The van der Waals surface area contributed by atoms with Gasteiger partial charge in [0.2, 0.25) is 5.91 Å². The van der Waals surface area contributed by atoms with Gasteiger partial charge in [-0.25, -0.2) is 0 Å². The van der Waals surface area contributed by atoms with Crippen molar-refractivity contribution in [1.82, 2.24) is 4.90 Å². The van der Waals surface area contributed by atoms with Crippen molar-refractivity contribution in [1.29, 1.82) is 0 Å². The molecule has 1 aliphatic carbocycles. The Morgan fingerprint density at radius 2 is 1.93 bits per heavy atom. The predicted molar refractivity (Wildman–Crippen MR) is 56.3 cm³/mol. The fourth-order valence-electron chi connectivity index (χ4n) is 2.78. The number of ether oxygens (including phenoxy) is 1. The van der Waals surface area contributed by atoms with Gasteiger partial charge in [-0.05, 0) is 25.2 Å². The minimum absolute atomic E-state index is 0.358. The van der Waals surface area contributed by atoms with E-state index in [1.165, 1.54) is 0 Å². The van der Waals surface area contributed by atoms with Crippen LogP contribution in [-0.4, -0.2) is 37.1 Å². The molecule has 2 atom stereocenters. The highest BCUT2D eigenvalue weighted by molar-refractivity contribution is 5.81. The first-order valence-corrected chi connectivity index (χ1v) is 6.07. The molecule has 1 spiro atoms. The Hall–Kier alpha value is -0.570. The average Bonchev–Trinajstić information content (AvgIpc) is 2.92. The first-order valence-electron chi connectivity index (χ1n) is 6.07. The maximum Gasteiger partial charge on any atom is 0.225 e. The molecule has 2 aliphatic heterocycles. The highest BCUT2D eigenvalue weighted by atomic mass is 16.5. The molecule has 0 aromatic rings. The first kappa shape index (κ1) is 9.64. The van der Waals surface area contributed by atoms with Crippen molar-refractivity contribution in [2.24, 2.45) is 17.3 Å². The van der Waals surface area contributed by atoms with Crippen molar-refractivity contribution < 1.29 is 9.53 Å². The molecule has 0 unspecified atom stereocenters. The van der Waals surface area contributed by atoms with Gasteiger partial charge in [-0.3, -0.25) is 4.79 Å². The van der Waals surface area contributed by atoms with E-state index in [9.17, 15) is 4.79 Å². The summed E-state index contributed by atoms with van der Waals surface area (Å²) >= 11 is 0. The maximum atomic E-state index is 12.0. The Morgan fingerprint density at radius 3 is 2.33 bits per heavy atom. The Balaban J connectivity index is 1.55. The van der Waals surface area contributed by atoms with Crippen LogP contribution in [0.5, 0.6) is 0 Å². The van der Waals surface area contributed by atoms with Crippen LogP contribution in [0.15, 0.2) is 0 Å². The molecule has 0 N–H and O–H groups in total. The fourth-order valence-corrected chi connectivity index (χ4v) is 2.78. The normalized spacial score (nSPS) is 37.5. The first-order chi connectivity index (χ1) is 7.20. The van der Waals surface area contributed by atoms with E-state index in [1.807, 2.05) is 0 Å². The van der Waals surface area contributed by atoms with Gasteiger partial charge in [-0.2, -0.15) is 0 Å². The summed E-state index contributed by atoms with van der Waals surface area (Å²) in [4.78, 5) is 14.1. The van der Waals surface area contributed by atoms with Crippen LogP contribution >= 0.6 is 0 Å². The monoisotopic (exact) mass is 209 g/mol. The number of hydrogen-bond donors (Lipinski definition) is 0. The van der Waals surface area contributed by atoms with Crippen molar-refractivity contribution >= 4 is 5.91 Å². The number of rotatable bonds is 1. The van der Waals surface area contributed by atoms with Gasteiger partial charge >= 0.3 is 0 Å². The maximum absolute atomic E-state index is 12.0. The topological polar surface area (TPSA) is 29.5 Å². The van der Waals surface area contributed by atoms with Crippen LogP contribution in [0.3, 0.4) is 0 Å². The highest BCUT2D eigenvalue weighted by Crippen LogP contribution is 2.42. The third kappa shape index (κ3) is 1.57. The van der Waals surface area contributed by atoms with Crippen LogP contribution in [0.25, 0.3) is 0 Å². The van der Waals surface area contributed by atoms with Crippen LogP contribution in [0.1, 0.15) is 26.2 Å². The third-order valence-electron chi connectivity index (χ3n) is 4.38. The average molecular weight is 209 g/mol. The molecule has 1 saturated carbocycles. The molecule has 3 rings (SSSR count). The number of hydrogen-bond acceptors (Lipinski definition) is 2. The van der Waals surface area contributed by atoms with Gasteiger partial charge in [0.05, 0.1) is 13.2 Å². The minimum atomic E-state index is 0.358. The van der Waals surface area contributed by atoms with Gasteiger partial charge in [0.15, 0.2) is 0 Å². The van der Waals surface area contributed by atoms with Crippen molar-refractivity contribution in [2.45, 2.75) is 26.2 Å². The van der Waals surface area contributed by atoms with Crippen LogP contribution in [0.2, 0.25) is 0 Å². The summed E-state index contributed by atoms with van der Waals surface area (Å²) in [6.07, 6.45) is 3.42. The lowest BCUT2D eigenvalue weighted by Gasteiger charge is -2.47. The van der Waals surface area contributed by atoms with Crippen molar-refractivity contribution in [2.75, 3.05) is 26.3 Å². The Kier molecular flexibility index (Phi) is 2.06. The van der Waals surface area contributed by atoms with Crippen LogP contribution in [0.4, 0.5) is 0 Å². The third-order valence-corrected chi connectivity index (χ3v) is 4.38. The number of nitrogens with zero attached hydrogens (tertiary/aromatic N) is 1. The lowest BCUT2D eigenvalue weighted by molar-refractivity contribution is -0.154. The number of likely N-dealkylation sites (tertiary alicyclic amines) is 1. The molecule has 3 fully saturated rings. The molecule has 15 heavy (non-hydrogen) atoms. The second-order valence-corrected chi connectivity index (χ2v) is 5.64. The van der Waals surface area contributed by atoms with E-state index < -0.39 is 0 Å². The molecule has 84 valence electrons. The van der Waals surface area contributed by atoms with E-state index in [0.717, 1.165) is 45.6 Å². The van der Waals surface area contributed by atoms with Crippen LogP contribution in [-0.2, 0) is 9.53 Å².